The lowest BCUT2D eigenvalue weighted by Crippen LogP contribution is -2.47. The summed E-state index contributed by atoms with van der Waals surface area (Å²) in [4.78, 5) is 14.5. The highest BCUT2D eigenvalue weighted by Crippen LogP contribution is 2.16. The molecule has 1 amide bonds. The normalized spacial score (nSPS) is 19.4. The Morgan fingerprint density at radius 1 is 1.43 bits per heavy atom. The monoisotopic (exact) mass is 200 g/mol. The van der Waals surface area contributed by atoms with Gasteiger partial charge in [0.15, 0.2) is 0 Å². The molecular formula is C10H20N2O2. The molecule has 0 spiro atoms. The van der Waals surface area contributed by atoms with Gasteiger partial charge in [-0.25, -0.2) is 4.79 Å². The fourth-order valence-electron chi connectivity index (χ4n) is 1.89. The van der Waals surface area contributed by atoms with Gasteiger partial charge in [-0.05, 0) is 33.7 Å². The van der Waals surface area contributed by atoms with Gasteiger partial charge in [-0.3, -0.25) is 0 Å². The smallest absolute Gasteiger partial charge is 0.407 e. The second-order valence-corrected chi connectivity index (χ2v) is 4.26. The van der Waals surface area contributed by atoms with Gasteiger partial charge in [0, 0.05) is 25.2 Å². The summed E-state index contributed by atoms with van der Waals surface area (Å²) in [6.45, 7) is 5.70. The van der Waals surface area contributed by atoms with Gasteiger partial charge in [-0.2, -0.15) is 0 Å². The fraction of sp³-hybridized carbons (Fsp3) is 0.900. The molecule has 4 heteroatoms. The van der Waals surface area contributed by atoms with Crippen molar-refractivity contribution >= 4 is 6.09 Å². The molecule has 1 rings (SSSR count). The number of amides is 1. The van der Waals surface area contributed by atoms with Crippen molar-refractivity contribution in [3.8, 4) is 0 Å². The number of carbonyl (C=O) groups is 1. The number of piperidine rings is 1. The van der Waals surface area contributed by atoms with Crippen LogP contribution in [0.5, 0.6) is 0 Å². The van der Waals surface area contributed by atoms with Crippen molar-refractivity contribution in [3.63, 3.8) is 0 Å². The molecule has 0 aromatic heterocycles. The summed E-state index contributed by atoms with van der Waals surface area (Å²) in [5, 5.41) is 8.78. The Hall–Kier alpha value is -0.770. The number of likely N-dealkylation sites (tertiary alicyclic amines) is 1. The van der Waals surface area contributed by atoms with Crippen molar-refractivity contribution < 1.29 is 9.90 Å². The maximum Gasteiger partial charge on any atom is 0.407 e. The Labute approximate surface area is 85.5 Å². The summed E-state index contributed by atoms with van der Waals surface area (Å²) < 4.78 is 0. The maximum atomic E-state index is 10.7. The van der Waals surface area contributed by atoms with Crippen LogP contribution in [0.1, 0.15) is 26.7 Å². The zero-order valence-electron chi connectivity index (χ0n) is 9.23. The Morgan fingerprint density at radius 3 is 2.29 bits per heavy atom. The van der Waals surface area contributed by atoms with E-state index in [1.54, 1.807) is 0 Å². The summed E-state index contributed by atoms with van der Waals surface area (Å²) >= 11 is 0. The van der Waals surface area contributed by atoms with Crippen LogP contribution >= 0.6 is 0 Å². The van der Waals surface area contributed by atoms with Crippen molar-refractivity contribution in [2.45, 2.75) is 38.8 Å². The van der Waals surface area contributed by atoms with Gasteiger partial charge in [-0.15, -0.1) is 0 Å². The summed E-state index contributed by atoms with van der Waals surface area (Å²) in [6.07, 6.45) is 1.14. The molecule has 1 N–H and O–H groups in total. The van der Waals surface area contributed by atoms with E-state index >= 15 is 0 Å². The minimum atomic E-state index is -0.782. The minimum absolute atomic E-state index is 0.538. The maximum absolute atomic E-state index is 10.7. The molecule has 1 saturated heterocycles. The third-order valence-corrected chi connectivity index (χ3v) is 3.13. The first kappa shape index (κ1) is 11.3. The van der Waals surface area contributed by atoms with Crippen molar-refractivity contribution in [2.24, 2.45) is 0 Å². The van der Waals surface area contributed by atoms with Gasteiger partial charge in [0.1, 0.15) is 0 Å². The Kier molecular flexibility index (Phi) is 3.75. The molecule has 1 heterocycles. The SMILES string of the molecule is CC(C)N(C)C1CCN(C(=O)O)CC1. The summed E-state index contributed by atoms with van der Waals surface area (Å²) in [5.41, 5.74) is 0. The molecule has 14 heavy (non-hydrogen) atoms. The summed E-state index contributed by atoms with van der Waals surface area (Å²) in [5.74, 6) is 0. The number of hydrogen-bond acceptors (Lipinski definition) is 2. The highest BCUT2D eigenvalue weighted by atomic mass is 16.4. The van der Waals surface area contributed by atoms with Gasteiger partial charge < -0.3 is 14.9 Å². The standard InChI is InChI=1S/C10H20N2O2/c1-8(2)11(3)9-4-6-12(7-5-9)10(13)14/h8-9H,4-7H2,1-3H3,(H,13,14). The molecule has 0 radical (unpaired) electrons. The molecule has 0 aromatic rings. The average molecular weight is 200 g/mol. The highest BCUT2D eigenvalue weighted by Gasteiger charge is 2.25. The van der Waals surface area contributed by atoms with Crippen LogP contribution in [-0.4, -0.2) is 53.2 Å². The Morgan fingerprint density at radius 2 is 1.93 bits per heavy atom. The van der Waals surface area contributed by atoms with Crippen LogP contribution in [0.2, 0.25) is 0 Å². The molecule has 0 bridgehead atoms. The largest absolute Gasteiger partial charge is 0.465 e. The second-order valence-electron chi connectivity index (χ2n) is 4.26. The number of carboxylic acid groups (broad SMARTS) is 1. The van der Waals surface area contributed by atoms with Crippen LogP contribution in [0.15, 0.2) is 0 Å². The molecule has 0 aliphatic carbocycles. The predicted octanol–water partition coefficient (Wildman–Crippen LogP) is 1.47. The van der Waals surface area contributed by atoms with Crippen LogP contribution in [0.25, 0.3) is 0 Å². The highest BCUT2D eigenvalue weighted by molar-refractivity contribution is 5.65. The lowest BCUT2D eigenvalue weighted by Gasteiger charge is -2.37. The quantitative estimate of drug-likeness (QED) is 0.734. The Balaban J connectivity index is 2.39. The van der Waals surface area contributed by atoms with Gasteiger partial charge in [0.05, 0.1) is 0 Å². The van der Waals surface area contributed by atoms with E-state index in [-0.39, 0.29) is 0 Å². The van der Waals surface area contributed by atoms with Crippen molar-refractivity contribution in [1.29, 1.82) is 0 Å². The van der Waals surface area contributed by atoms with Crippen molar-refractivity contribution in [3.05, 3.63) is 0 Å². The van der Waals surface area contributed by atoms with E-state index in [9.17, 15) is 4.79 Å². The molecule has 0 saturated carbocycles. The molecule has 0 unspecified atom stereocenters. The molecule has 82 valence electrons. The first-order chi connectivity index (χ1) is 6.52. The lowest BCUT2D eigenvalue weighted by molar-refractivity contribution is 0.0944. The van der Waals surface area contributed by atoms with Gasteiger partial charge in [-0.1, -0.05) is 0 Å². The summed E-state index contributed by atoms with van der Waals surface area (Å²) in [7, 11) is 2.12. The van der Waals surface area contributed by atoms with Crippen molar-refractivity contribution in [1.82, 2.24) is 9.80 Å². The van der Waals surface area contributed by atoms with E-state index in [0.717, 1.165) is 12.8 Å². The zero-order chi connectivity index (χ0) is 10.7. The van der Waals surface area contributed by atoms with Crippen LogP contribution < -0.4 is 0 Å². The third-order valence-electron chi connectivity index (χ3n) is 3.13. The van der Waals surface area contributed by atoms with Gasteiger partial charge in [0.25, 0.3) is 0 Å². The summed E-state index contributed by atoms with van der Waals surface area (Å²) in [6, 6.07) is 1.09. The third kappa shape index (κ3) is 2.61. The molecule has 4 nitrogen and oxygen atoms in total. The van der Waals surface area contributed by atoms with E-state index in [1.165, 1.54) is 4.90 Å². The van der Waals surface area contributed by atoms with E-state index in [0.29, 0.717) is 25.2 Å². The van der Waals surface area contributed by atoms with E-state index in [1.807, 2.05) is 0 Å². The van der Waals surface area contributed by atoms with Crippen molar-refractivity contribution in [2.75, 3.05) is 20.1 Å². The van der Waals surface area contributed by atoms with E-state index in [2.05, 4.69) is 25.8 Å². The van der Waals surface area contributed by atoms with Gasteiger partial charge in [0.2, 0.25) is 0 Å². The first-order valence-electron chi connectivity index (χ1n) is 5.22. The van der Waals surface area contributed by atoms with Gasteiger partial charge >= 0.3 is 6.09 Å². The van der Waals surface area contributed by atoms with Crippen LogP contribution in [0.4, 0.5) is 4.79 Å². The number of nitrogens with zero attached hydrogens (tertiary/aromatic N) is 2. The fourth-order valence-corrected chi connectivity index (χ4v) is 1.89. The predicted molar refractivity (Wildman–Crippen MR) is 55.5 cm³/mol. The van der Waals surface area contributed by atoms with Crippen LogP contribution in [0.3, 0.4) is 0 Å². The topological polar surface area (TPSA) is 43.8 Å². The van der Waals surface area contributed by atoms with E-state index in [4.69, 9.17) is 5.11 Å². The van der Waals surface area contributed by atoms with Crippen LogP contribution in [-0.2, 0) is 0 Å². The molecule has 0 atom stereocenters. The van der Waals surface area contributed by atoms with E-state index < -0.39 is 6.09 Å². The average Bonchev–Trinajstić information content (AvgIpc) is 2.16. The van der Waals surface area contributed by atoms with Crippen LogP contribution in [0, 0.1) is 0 Å². The molecule has 0 aromatic carbocycles. The molecular weight excluding hydrogens is 180 g/mol. The lowest BCUT2D eigenvalue weighted by atomic mass is 10.0. The zero-order valence-corrected chi connectivity index (χ0v) is 9.23. The molecule has 1 aliphatic rings. The number of hydrogen-bond donors (Lipinski definition) is 1. The number of rotatable bonds is 2. The minimum Gasteiger partial charge on any atom is -0.465 e. The first-order valence-corrected chi connectivity index (χ1v) is 5.22. The molecule has 1 fully saturated rings. The molecule has 1 aliphatic heterocycles. The Bertz CT molecular complexity index is 198. The second kappa shape index (κ2) is 4.64.